The number of ether oxygens (including phenoxy) is 3. The number of carbonyl (C=O) groups is 4. The molecule has 0 bridgehead atoms. The van der Waals surface area contributed by atoms with Gasteiger partial charge in [0.15, 0.2) is 6.10 Å². The van der Waals surface area contributed by atoms with Gasteiger partial charge in [-0.05, 0) is 6.92 Å². The first-order valence-corrected chi connectivity index (χ1v) is 7.16. The number of amides is 2. The summed E-state index contributed by atoms with van der Waals surface area (Å²) in [6, 6.07) is -1.66. The van der Waals surface area contributed by atoms with Gasteiger partial charge in [0.05, 0.1) is 12.1 Å². The summed E-state index contributed by atoms with van der Waals surface area (Å²) in [5, 5.41) is 5.18. The Kier molecular flexibility index (Phi) is 6.49. The van der Waals surface area contributed by atoms with Crippen LogP contribution in [0.4, 0.5) is 0 Å². The molecule has 130 valence electrons. The second-order valence-electron chi connectivity index (χ2n) is 5.35. The van der Waals surface area contributed by atoms with Crippen molar-refractivity contribution in [3.05, 3.63) is 0 Å². The second kappa shape index (κ2) is 7.91. The average molecular weight is 330 g/mol. The molecule has 1 aliphatic heterocycles. The Morgan fingerprint density at radius 3 is 1.74 bits per heavy atom. The number of nitrogens with one attached hydrogen (secondary N) is 2. The van der Waals surface area contributed by atoms with Gasteiger partial charge in [-0.15, -0.1) is 0 Å². The van der Waals surface area contributed by atoms with E-state index in [1.807, 2.05) is 0 Å². The molecule has 2 N–H and O–H groups in total. The molecule has 1 fully saturated rings. The van der Waals surface area contributed by atoms with Crippen molar-refractivity contribution in [2.75, 3.05) is 0 Å². The predicted molar refractivity (Wildman–Crippen MR) is 76.9 cm³/mol. The minimum Gasteiger partial charge on any atom is -0.458 e. The highest BCUT2D eigenvalue weighted by molar-refractivity contribution is 5.75. The molecule has 0 spiro atoms. The van der Waals surface area contributed by atoms with Gasteiger partial charge in [-0.2, -0.15) is 0 Å². The summed E-state index contributed by atoms with van der Waals surface area (Å²) in [6.07, 6.45) is -2.70. The topological polar surface area (TPSA) is 120 Å². The Balaban J connectivity index is 3.15. The second-order valence-corrected chi connectivity index (χ2v) is 5.35. The molecule has 0 aliphatic carbocycles. The molecule has 5 atom stereocenters. The van der Waals surface area contributed by atoms with E-state index in [4.69, 9.17) is 14.2 Å². The van der Waals surface area contributed by atoms with E-state index in [1.54, 1.807) is 6.92 Å². The largest absolute Gasteiger partial charge is 0.458 e. The normalized spacial score (nSPS) is 30.0. The molecule has 9 heteroatoms. The van der Waals surface area contributed by atoms with Gasteiger partial charge < -0.3 is 24.8 Å². The lowest BCUT2D eigenvalue weighted by atomic mass is 9.94. The first-order valence-electron chi connectivity index (χ1n) is 7.16. The van der Waals surface area contributed by atoms with Crippen molar-refractivity contribution < 1.29 is 33.4 Å². The van der Waals surface area contributed by atoms with Gasteiger partial charge in [-0.1, -0.05) is 0 Å². The molecule has 0 unspecified atom stereocenters. The lowest BCUT2D eigenvalue weighted by Crippen LogP contribution is -2.68. The standard InChI is InChI=1S/C14H22N2O7/c1-6-11(15-7(2)17)13(22-9(4)19)12(16-8(3)18)14(21-6)23-10(5)20/h6,11-14H,1-5H3,(H,15,17)(H,16,18)/t6-,11-,12+,13+,14-/m1/s1. The third kappa shape index (κ3) is 5.51. The molecule has 23 heavy (non-hydrogen) atoms. The molecule has 0 saturated carbocycles. The van der Waals surface area contributed by atoms with Crippen molar-refractivity contribution in [3.63, 3.8) is 0 Å². The average Bonchev–Trinajstić information content (AvgIpc) is 2.36. The van der Waals surface area contributed by atoms with E-state index in [0.29, 0.717) is 0 Å². The third-order valence-electron chi connectivity index (χ3n) is 3.18. The van der Waals surface area contributed by atoms with E-state index in [0.717, 1.165) is 0 Å². The van der Waals surface area contributed by atoms with Crippen molar-refractivity contribution in [2.45, 2.75) is 65.2 Å². The Bertz CT molecular complexity index is 494. The summed E-state index contributed by atoms with van der Waals surface area (Å²) in [5.41, 5.74) is 0. The molecular weight excluding hydrogens is 308 g/mol. The van der Waals surface area contributed by atoms with Crippen LogP contribution in [0.3, 0.4) is 0 Å². The van der Waals surface area contributed by atoms with Crippen LogP contribution in [0.25, 0.3) is 0 Å². The Labute approximate surface area is 134 Å². The lowest BCUT2D eigenvalue weighted by molar-refractivity contribution is -0.236. The van der Waals surface area contributed by atoms with Gasteiger partial charge in [0, 0.05) is 27.7 Å². The molecule has 1 rings (SSSR count). The predicted octanol–water partition coefficient (Wildman–Crippen LogP) is -0.765. The number of hydrogen-bond acceptors (Lipinski definition) is 7. The van der Waals surface area contributed by atoms with Crippen LogP contribution in [-0.4, -0.2) is 54.3 Å². The van der Waals surface area contributed by atoms with Crippen LogP contribution in [0.2, 0.25) is 0 Å². The quantitative estimate of drug-likeness (QED) is 0.650. The monoisotopic (exact) mass is 330 g/mol. The molecule has 0 radical (unpaired) electrons. The molecule has 0 aromatic rings. The van der Waals surface area contributed by atoms with Crippen molar-refractivity contribution in [1.29, 1.82) is 0 Å². The zero-order chi connectivity index (χ0) is 17.7. The summed E-state index contributed by atoms with van der Waals surface area (Å²) in [5.74, 6) is -1.99. The Morgan fingerprint density at radius 1 is 0.826 bits per heavy atom. The van der Waals surface area contributed by atoms with Crippen molar-refractivity contribution in [3.8, 4) is 0 Å². The Hall–Kier alpha value is -2.16. The molecule has 9 nitrogen and oxygen atoms in total. The molecule has 0 aromatic carbocycles. The zero-order valence-electron chi connectivity index (χ0n) is 13.7. The fraction of sp³-hybridized carbons (Fsp3) is 0.714. The van der Waals surface area contributed by atoms with Crippen LogP contribution >= 0.6 is 0 Å². The van der Waals surface area contributed by atoms with E-state index in [1.165, 1.54) is 27.7 Å². The summed E-state index contributed by atoms with van der Waals surface area (Å²) >= 11 is 0. The SMILES string of the molecule is CC(=O)N[C@@H]1[C@@H](OC(C)=O)O[C@H](C)[C@@H](NC(C)=O)[C@@H]1OC(C)=O. The number of hydrogen-bond donors (Lipinski definition) is 2. The third-order valence-corrected chi connectivity index (χ3v) is 3.18. The lowest BCUT2D eigenvalue weighted by Gasteiger charge is -2.44. The molecule has 1 heterocycles. The summed E-state index contributed by atoms with van der Waals surface area (Å²) < 4.78 is 15.9. The maximum Gasteiger partial charge on any atom is 0.305 e. The first-order chi connectivity index (χ1) is 10.6. The maximum atomic E-state index is 11.5. The number of carbonyl (C=O) groups excluding carboxylic acids is 4. The van der Waals surface area contributed by atoms with Crippen molar-refractivity contribution in [1.82, 2.24) is 10.6 Å². The maximum absolute atomic E-state index is 11.5. The Morgan fingerprint density at radius 2 is 1.30 bits per heavy atom. The highest BCUT2D eigenvalue weighted by Crippen LogP contribution is 2.25. The number of rotatable bonds is 4. The van der Waals surface area contributed by atoms with Crippen LogP contribution in [0, 0.1) is 0 Å². The zero-order valence-corrected chi connectivity index (χ0v) is 13.7. The molecular formula is C14H22N2O7. The smallest absolute Gasteiger partial charge is 0.305 e. The van der Waals surface area contributed by atoms with Gasteiger partial charge in [0.1, 0.15) is 6.04 Å². The van der Waals surface area contributed by atoms with Gasteiger partial charge in [0.2, 0.25) is 18.1 Å². The summed E-state index contributed by atoms with van der Waals surface area (Å²) in [4.78, 5) is 45.5. The van der Waals surface area contributed by atoms with Crippen LogP contribution in [0.5, 0.6) is 0 Å². The summed E-state index contributed by atoms with van der Waals surface area (Å²) in [7, 11) is 0. The fourth-order valence-corrected chi connectivity index (χ4v) is 2.45. The van der Waals surface area contributed by atoms with Gasteiger partial charge in [-0.25, -0.2) is 0 Å². The van der Waals surface area contributed by atoms with Crippen molar-refractivity contribution >= 4 is 23.8 Å². The van der Waals surface area contributed by atoms with Gasteiger partial charge >= 0.3 is 11.9 Å². The van der Waals surface area contributed by atoms with E-state index in [-0.39, 0.29) is 5.91 Å². The van der Waals surface area contributed by atoms with Crippen LogP contribution in [0.1, 0.15) is 34.6 Å². The van der Waals surface area contributed by atoms with E-state index in [2.05, 4.69) is 10.6 Å². The van der Waals surface area contributed by atoms with Crippen LogP contribution < -0.4 is 10.6 Å². The number of esters is 2. The van der Waals surface area contributed by atoms with Gasteiger partial charge in [0.25, 0.3) is 0 Å². The van der Waals surface area contributed by atoms with E-state index >= 15 is 0 Å². The highest BCUT2D eigenvalue weighted by Gasteiger charge is 2.48. The summed E-state index contributed by atoms with van der Waals surface area (Å²) in [6.45, 7) is 6.61. The minimum atomic E-state index is -1.14. The molecule has 0 aromatic heterocycles. The van der Waals surface area contributed by atoms with Crippen molar-refractivity contribution in [2.24, 2.45) is 0 Å². The minimum absolute atomic E-state index is 0.352. The van der Waals surface area contributed by atoms with E-state index < -0.39 is 48.4 Å². The highest BCUT2D eigenvalue weighted by atomic mass is 16.7. The molecule has 1 saturated heterocycles. The molecule has 2 amide bonds. The fourth-order valence-electron chi connectivity index (χ4n) is 2.45. The first kappa shape index (κ1) is 18.9. The van der Waals surface area contributed by atoms with Crippen LogP contribution in [-0.2, 0) is 33.4 Å². The molecule has 1 aliphatic rings. The van der Waals surface area contributed by atoms with E-state index in [9.17, 15) is 19.2 Å². The van der Waals surface area contributed by atoms with Gasteiger partial charge in [-0.3, -0.25) is 19.2 Å². The van der Waals surface area contributed by atoms with Crippen LogP contribution in [0.15, 0.2) is 0 Å².